The SMILES string of the molecule is CCOC(=O)c1sc2nc(-c3ccccc3)cc(-c3ccc(OC)cc3)c2c1NC(=O)c1ccccc1. The maximum Gasteiger partial charge on any atom is 0.350 e. The average molecular weight is 509 g/mol. The van der Waals surface area contributed by atoms with Gasteiger partial charge in [0.2, 0.25) is 0 Å². The molecule has 3 aromatic carbocycles. The lowest BCUT2D eigenvalue weighted by atomic mass is 9.99. The molecule has 0 spiro atoms. The van der Waals surface area contributed by atoms with Gasteiger partial charge in [0.25, 0.3) is 5.91 Å². The molecule has 0 saturated carbocycles. The van der Waals surface area contributed by atoms with Crippen molar-refractivity contribution in [2.75, 3.05) is 19.0 Å². The van der Waals surface area contributed by atoms with Crippen LogP contribution < -0.4 is 10.1 Å². The second-order valence-electron chi connectivity index (χ2n) is 8.18. The number of amides is 1. The molecule has 0 atom stereocenters. The van der Waals surface area contributed by atoms with Gasteiger partial charge >= 0.3 is 5.97 Å². The molecule has 6 nitrogen and oxygen atoms in total. The third kappa shape index (κ3) is 4.94. The molecule has 1 N–H and O–H groups in total. The minimum atomic E-state index is -0.504. The Bertz CT molecular complexity index is 1560. The van der Waals surface area contributed by atoms with Crippen LogP contribution in [0.4, 0.5) is 5.69 Å². The molecule has 0 aliphatic heterocycles. The van der Waals surface area contributed by atoms with Crippen molar-refractivity contribution in [3.8, 4) is 28.1 Å². The van der Waals surface area contributed by atoms with Gasteiger partial charge in [0.05, 0.1) is 25.1 Å². The van der Waals surface area contributed by atoms with E-state index in [1.54, 1.807) is 38.3 Å². The molecular formula is C30H24N2O4S. The summed E-state index contributed by atoms with van der Waals surface area (Å²) in [6.45, 7) is 1.97. The van der Waals surface area contributed by atoms with Crippen LogP contribution in [0.5, 0.6) is 5.75 Å². The Balaban J connectivity index is 1.76. The summed E-state index contributed by atoms with van der Waals surface area (Å²) < 4.78 is 10.7. The van der Waals surface area contributed by atoms with Crippen molar-refractivity contribution in [2.24, 2.45) is 0 Å². The van der Waals surface area contributed by atoms with Gasteiger partial charge in [-0.3, -0.25) is 4.79 Å². The van der Waals surface area contributed by atoms with Gasteiger partial charge in [-0.1, -0.05) is 60.7 Å². The van der Waals surface area contributed by atoms with E-state index in [0.717, 1.165) is 28.1 Å². The second-order valence-corrected chi connectivity index (χ2v) is 9.18. The molecule has 0 fully saturated rings. The molecule has 37 heavy (non-hydrogen) atoms. The maximum absolute atomic E-state index is 13.2. The van der Waals surface area contributed by atoms with Crippen molar-refractivity contribution in [2.45, 2.75) is 6.92 Å². The zero-order valence-corrected chi connectivity index (χ0v) is 21.2. The Kier molecular flexibility index (Phi) is 6.96. The van der Waals surface area contributed by atoms with Crippen molar-refractivity contribution in [3.05, 3.63) is 101 Å². The number of aromatic nitrogens is 1. The Labute approximate surface area is 218 Å². The minimum Gasteiger partial charge on any atom is -0.497 e. The zero-order chi connectivity index (χ0) is 25.8. The van der Waals surface area contributed by atoms with Crippen molar-refractivity contribution < 1.29 is 19.1 Å². The molecule has 184 valence electrons. The molecule has 2 heterocycles. The number of rotatable bonds is 7. The summed E-state index contributed by atoms with van der Waals surface area (Å²) in [5, 5.41) is 3.67. The molecule has 5 rings (SSSR count). The fraction of sp³-hybridized carbons (Fsp3) is 0.100. The van der Waals surface area contributed by atoms with Crippen LogP contribution in [-0.4, -0.2) is 30.6 Å². The van der Waals surface area contributed by atoms with Gasteiger partial charge < -0.3 is 14.8 Å². The van der Waals surface area contributed by atoms with E-state index < -0.39 is 5.97 Å². The van der Waals surface area contributed by atoms with Gasteiger partial charge in [0.1, 0.15) is 15.5 Å². The number of anilines is 1. The Morgan fingerprint density at radius 3 is 2.22 bits per heavy atom. The summed E-state index contributed by atoms with van der Waals surface area (Å²) in [4.78, 5) is 32.1. The maximum atomic E-state index is 13.2. The predicted molar refractivity (Wildman–Crippen MR) is 147 cm³/mol. The van der Waals surface area contributed by atoms with Crippen LogP contribution in [0.15, 0.2) is 91.0 Å². The predicted octanol–water partition coefficient (Wildman–Crippen LogP) is 7.07. The summed E-state index contributed by atoms with van der Waals surface area (Å²) in [7, 11) is 1.62. The highest BCUT2D eigenvalue weighted by Gasteiger charge is 2.26. The zero-order valence-electron chi connectivity index (χ0n) is 20.4. The first-order valence-corrected chi connectivity index (χ1v) is 12.6. The molecule has 5 aromatic rings. The first kappa shape index (κ1) is 24.2. The van der Waals surface area contributed by atoms with Gasteiger partial charge in [0.15, 0.2) is 0 Å². The highest BCUT2D eigenvalue weighted by molar-refractivity contribution is 7.21. The molecule has 0 bridgehead atoms. The summed E-state index contributed by atoms with van der Waals surface area (Å²) in [5.41, 5.74) is 4.31. The third-order valence-corrected chi connectivity index (χ3v) is 6.93. The van der Waals surface area contributed by atoms with Crippen LogP contribution in [0, 0.1) is 0 Å². The van der Waals surface area contributed by atoms with Crippen LogP contribution in [-0.2, 0) is 4.74 Å². The quantitative estimate of drug-likeness (QED) is 0.238. The molecule has 0 radical (unpaired) electrons. The average Bonchev–Trinajstić information content (AvgIpc) is 3.32. The normalized spacial score (nSPS) is 10.8. The van der Waals surface area contributed by atoms with E-state index >= 15 is 0 Å². The molecule has 0 aliphatic carbocycles. The number of hydrogen-bond acceptors (Lipinski definition) is 6. The summed E-state index contributed by atoms with van der Waals surface area (Å²) in [6.07, 6.45) is 0. The largest absolute Gasteiger partial charge is 0.497 e. The summed E-state index contributed by atoms with van der Waals surface area (Å²) >= 11 is 1.21. The van der Waals surface area contributed by atoms with Crippen molar-refractivity contribution in [1.82, 2.24) is 4.98 Å². The molecule has 0 saturated heterocycles. The standard InChI is InChI=1S/C30H24N2O4S/c1-3-36-30(34)27-26(32-28(33)21-12-8-5-9-13-21)25-23(19-14-16-22(35-2)17-15-19)18-24(31-29(25)37-27)20-10-6-4-7-11-20/h4-18H,3H2,1-2H3,(H,32,33). The number of thiophene rings is 1. The molecule has 2 aromatic heterocycles. The number of nitrogens with one attached hydrogen (secondary N) is 1. The Morgan fingerprint density at radius 1 is 0.892 bits per heavy atom. The number of benzene rings is 3. The fourth-order valence-electron chi connectivity index (χ4n) is 4.09. The van der Waals surface area contributed by atoms with Gasteiger partial charge in [-0.25, -0.2) is 9.78 Å². The van der Waals surface area contributed by atoms with E-state index in [2.05, 4.69) is 5.32 Å². The fourth-order valence-corrected chi connectivity index (χ4v) is 5.14. The van der Waals surface area contributed by atoms with Crippen LogP contribution in [0.25, 0.3) is 32.6 Å². The summed E-state index contributed by atoms with van der Waals surface area (Å²) in [6, 6.07) is 28.4. The van der Waals surface area contributed by atoms with Gasteiger partial charge in [-0.15, -0.1) is 11.3 Å². The topological polar surface area (TPSA) is 77.5 Å². The van der Waals surface area contributed by atoms with Crippen LogP contribution in [0.1, 0.15) is 27.0 Å². The molecule has 0 aliphatic rings. The van der Waals surface area contributed by atoms with Crippen molar-refractivity contribution in [3.63, 3.8) is 0 Å². The number of fused-ring (bicyclic) bond motifs is 1. The van der Waals surface area contributed by atoms with E-state index in [4.69, 9.17) is 14.5 Å². The van der Waals surface area contributed by atoms with Gasteiger partial charge in [-0.2, -0.15) is 0 Å². The number of carbonyl (C=O) groups is 2. The number of hydrogen-bond donors (Lipinski definition) is 1. The Hall–Kier alpha value is -4.49. The van der Waals surface area contributed by atoms with Gasteiger partial charge in [-0.05, 0) is 48.4 Å². The lowest BCUT2D eigenvalue weighted by Crippen LogP contribution is -2.14. The summed E-state index contributed by atoms with van der Waals surface area (Å²) in [5.74, 6) is -0.0954. The first-order valence-electron chi connectivity index (χ1n) is 11.8. The van der Waals surface area contributed by atoms with Crippen LogP contribution in [0.2, 0.25) is 0 Å². The second kappa shape index (κ2) is 10.6. The molecule has 0 unspecified atom stereocenters. The third-order valence-electron chi connectivity index (χ3n) is 5.87. The van der Waals surface area contributed by atoms with E-state index in [-0.39, 0.29) is 12.5 Å². The molecule has 1 amide bonds. The highest BCUT2D eigenvalue weighted by Crippen LogP contribution is 2.43. The van der Waals surface area contributed by atoms with E-state index in [0.29, 0.717) is 26.3 Å². The van der Waals surface area contributed by atoms with Crippen molar-refractivity contribution >= 4 is 39.1 Å². The number of carbonyl (C=O) groups excluding carboxylic acids is 2. The van der Waals surface area contributed by atoms with E-state index in [9.17, 15) is 9.59 Å². The van der Waals surface area contributed by atoms with E-state index in [1.165, 1.54) is 11.3 Å². The van der Waals surface area contributed by atoms with Crippen LogP contribution >= 0.6 is 11.3 Å². The number of nitrogens with zero attached hydrogens (tertiary/aromatic N) is 1. The lowest BCUT2D eigenvalue weighted by Gasteiger charge is -2.12. The number of methoxy groups -OCH3 is 1. The van der Waals surface area contributed by atoms with E-state index in [1.807, 2.05) is 66.7 Å². The van der Waals surface area contributed by atoms with Crippen LogP contribution in [0.3, 0.4) is 0 Å². The molecule has 7 heteroatoms. The number of esters is 1. The van der Waals surface area contributed by atoms with Crippen molar-refractivity contribution in [1.29, 1.82) is 0 Å². The van der Waals surface area contributed by atoms with Gasteiger partial charge in [0, 0.05) is 16.5 Å². The minimum absolute atomic E-state index is 0.215. The molecular weight excluding hydrogens is 484 g/mol. The highest BCUT2D eigenvalue weighted by atomic mass is 32.1. The first-order chi connectivity index (χ1) is 18.1. The number of pyridine rings is 1. The Morgan fingerprint density at radius 2 is 1.57 bits per heavy atom. The lowest BCUT2D eigenvalue weighted by molar-refractivity contribution is 0.0533. The monoisotopic (exact) mass is 508 g/mol. The number of ether oxygens (including phenoxy) is 2. The smallest absolute Gasteiger partial charge is 0.350 e.